The summed E-state index contributed by atoms with van der Waals surface area (Å²) in [5, 5.41) is 0. The molecule has 0 atom stereocenters. The van der Waals surface area contributed by atoms with E-state index in [9.17, 15) is 0 Å². The second-order valence-corrected chi connectivity index (χ2v) is 3.98. The van der Waals surface area contributed by atoms with Crippen molar-refractivity contribution in [3.8, 4) is 0 Å². The van der Waals surface area contributed by atoms with Gasteiger partial charge in [0.15, 0.2) is 0 Å². The summed E-state index contributed by atoms with van der Waals surface area (Å²) in [6.07, 6.45) is 6.43. The third kappa shape index (κ3) is 4.04. The molecule has 0 saturated heterocycles. The quantitative estimate of drug-likeness (QED) is 0.770. The number of nitrogens with two attached hydrogens (primary N) is 1. The van der Waals surface area contributed by atoms with Gasteiger partial charge in [-0.05, 0) is 18.9 Å². The van der Waals surface area contributed by atoms with Crippen LogP contribution in [0.15, 0.2) is 12.3 Å². The second-order valence-electron chi connectivity index (χ2n) is 3.98. The van der Waals surface area contributed by atoms with Gasteiger partial charge in [-0.2, -0.15) is 4.98 Å². The molecule has 4 nitrogen and oxygen atoms in total. The zero-order valence-corrected chi connectivity index (χ0v) is 10.3. The fraction of sp³-hybridized carbons (Fsp3) is 0.667. The number of anilines is 2. The van der Waals surface area contributed by atoms with Gasteiger partial charge in [-0.25, -0.2) is 4.98 Å². The highest BCUT2D eigenvalue weighted by Gasteiger charge is 2.08. The van der Waals surface area contributed by atoms with Crippen LogP contribution in [0.3, 0.4) is 0 Å². The minimum Gasteiger partial charge on any atom is -0.384 e. The zero-order valence-electron chi connectivity index (χ0n) is 10.3. The molecule has 0 aromatic carbocycles. The van der Waals surface area contributed by atoms with Gasteiger partial charge in [0.25, 0.3) is 0 Å². The molecule has 90 valence electrons. The highest BCUT2D eigenvalue weighted by atomic mass is 15.2. The summed E-state index contributed by atoms with van der Waals surface area (Å²) < 4.78 is 0. The highest BCUT2D eigenvalue weighted by molar-refractivity contribution is 5.37. The van der Waals surface area contributed by atoms with E-state index in [0.29, 0.717) is 5.82 Å². The molecule has 1 rings (SSSR count). The minimum absolute atomic E-state index is 0.544. The molecule has 4 heteroatoms. The van der Waals surface area contributed by atoms with Gasteiger partial charge in [0, 0.05) is 19.3 Å². The first-order chi connectivity index (χ1) is 7.77. The molecule has 0 aliphatic carbocycles. The van der Waals surface area contributed by atoms with Crippen molar-refractivity contribution in [3.05, 3.63) is 12.3 Å². The average Bonchev–Trinajstić information content (AvgIpc) is 2.29. The lowest BCUT2D eigenvalue weighted by Crippen LogP contribution is -2.27. The molecule has 0 saturated carbocycles. The van der Waals surface area contributed by atoms with Gasteiger partial charge >= 0.3 is 0 Å². The van der Waals surface area contributed by atoms with Crippen LogP contribution in [-0.2, 0) is 0 Å². The number of nitrogens with zero attached hydrogens (tertiary/aromatic N) is 3. The molecule has 0 unspecified atom stereocenters. The largest absolute Gasteiger partial charge is 0.384 e. The van der Waals surface area contributed by atoms with Crippen molar-refractivity contribution < 1.29 is 0 Å². The van der Waals surface area contributed by atoms with E-state index in [1.807, 2.05) is 0 Å². The topological polar surface area (TPSA) is 55.0 Å². The maximum Gasteiger partial charge on any atom is 0.227 e. The number of nitrogen functional groups attached to an aromatic ring is 1. The van der Waals surface area contributed by atoms with Crippen LogP contribution in [0.25, 0.3) is 0 Å². The molecule has 1 aromatic heterocycles. The lowest BCUT2D eigenvalue weighted by Gasteiger charge is -2.22. The first-order valence-electron chi connectivity index (χ1n) is 6.11. The summed E-state index contributed by atoms with van der Waals surface area (Å²) >= 11 is 0. The van der Waals surface area contributed by atoms with Gasteiger partial charge < -0.3 is 10.6 Å². The van der Waals surface area contributed by atoms with Crippen LogP contribution in [0.1, 0.15) is 39.5 Å². The van der Waals surface area contributed by atoms with Gasteiger partial charge in [-0.15, -0.1) is 0 Å². The number of hydrogen-bond donors (Lipinski definition) is 1. The van der Waals surface area contributed by atoms with E-state index in [2.05, 4.69) is 28.7 Å². The molecular weight excluding hydrogens is 200 g/mol. The van der Waals surface area contributed by atoms with Crippen LogP contribution in [0.2, 0.25) is 0 Å². The van der Waals surface area contributed by atoms with E-state index in [-0.39, 0.29) is 0 Å². The smallest absolute Gasteiger partial charge is 0.227 e. The average molecular weight is 222 g/mol. The van der Waals surface area contributed by atoms with Crippen molar-refractivity contribution in [3.63, 3.8) is 0 Å². The van der Waals surface area contributed by atoms with Gasteiger partial charge in [-0.1, -0.05) is 26.7 Å². The van der Waals surface area contributed by atoms with Crippen LogP contribution < -0.4 is 10.6 Å². The first-order valence-corrected chi connectivity index (χ1v) is 6.11. The van der Waals surface area contributed by atoms with Crippen LogP contribution >= 0.6 is 0 Å². The van der Waals surface area contributed by atoms with E-state index in [4.69, 9.17) is 5.73 Å². The lowest BCUT2D eigenvalue weighted by molar-refractivity contribution is 0.663. The Kier molecular flexibility index (Phi) is 5.61. The van der Waals surface area contributed by atoms with Crippen molar-refractivity contribution in [1.82, 2.24) is 9.97 Å². The molecule has 1 aromatic rings. The summed E-state index contributed by atoms with van der Waals surface area (Å²) in [4.78, 5) is 10.8. The minimum atomic E-state index is 0.544. The summed E-state index contributed by atoms with van der Waals surface area (Å²) in [5.74, 6) is 1.31. The van der Waals surface area contributed by atoms with E-state index in [1.165, 1.54) is 25.7 Å². The third-order valence-corrected chi connectivity index (χ3v) is 2.51. The SMILES string of the molecule is CCCCN(CCCC)c1nccc(N)n1. The monoisotopic (exact) mass is 222 g/mol. The molecule has 2 N–H and O–H groups in total. The Morgan fingerprint density at radius 1 is 1.19 bits per heavy atom. The Morgan fingerprint density at radius 3 is 2.31 bits per heavy atom. The van der Waals surface area contributed by atoms with Crippen LogP contribution in [0.4, 0.5) is 11.8 Å². The van der Waals surface area contributed by atoms with Crippen molar-refractivity contribution in [1.29, 1.82) is 0 Å². The van der Waals surface area contributed by atoms with Gasteiger partial charge in [0.05, 0.1) is 0 Å². The van der Waals surface area contributed by atoms with Gasteiger partial charge in [-0.3, -0.25) is 0 Å². The predicted molar refractivity (Wildman–Crippen MR) is 68.5 cm³/mol. The standard InChI is InChI=1S/C12H22N4/c1-3-5-9-16(10-6-4-2)12-14-8-7-11(13)15-12/h7-8H,3-6,9-10H2,1-2H3,(H2,13,14,15). The fourth-order valence-electron chi connectivity index (χ4n) is 1.52. The summed E-state index contributed by atoms with van der Waals surface area (Å²) in [6.45, 7) is 6.41. The van der Waals surface area contributed by atoms with E-state index in [1.54, 1.807) is 12.3 Å². The normalized spacial score (nSPS) is 10.4. The Balaban J connectivity index is 2.66. The van der Waals surface area contributed by atoms with E-state index in [0.717, 1.165) is 19.0 Å². The predicted octanol–water partition coefficient (Wildman–Crippen LogP) is 2.47. The third-order valence-electron chi connectivity index (χ3n) is 2.51. The van der Waals surface area contributed by atoms with Crippen molar-refractivity contribution in [2.24, 2.45) is 0 Å². The number of unbranched alkanes of at least 4 members (excludes halogenated alkanes) is 2. The molecular formula is C12H22N4. The molecule has 0 bridgehead atoms. The lowest BCUT2D eigenvalue weighted by atomic mass is 10.3. The first kappa shape index (κ1) is 12.7. The molecule has 0 fully saturated rings. The number of hydrogen-bond acceptors (Lipinski definition) is 4. The summed E-state index contributed by atoms with van der Waals surface area (Å²) in [7, 11) is 0. The van der Waals surface area contributed by atoms with E-state index < -0.39 is 0 Å². The Labute approximate surface area is 97.9 Å². The maximum atomic E-state index is 5.68. The molecule has 0 radical (unpaired) electrons. The number of rotatable bonds is 7. The maximum absolute atomic E-state index is 5.68. The molecule has 0 spiro atoms. The Morgan fingerprint density at radius 2 is 1.81 bits per heavy atom. The van der Waals surface area contributed by atoms with Crippen molar-refractivity contribution in [2.75, 3.05) is 23.7 Å². The Bertz CT molecular complexity index is 293. The summed E-state index contributed by atoms with van der Waals surface area (Å²) in [5.41, 5.74) is 5.68. The van der Waals surface area contributed by atoms with Crippen molar-refractivity contribution >= 4 is 11.8 Å². The summed E-state index contributed by atoms with van der Waals surface area (Å²) in [6, 6.07) is 1.72. The Hall–Kier alpha value is -1.32. The second kappa shape index (κ2) is 7.04. The van der Waals surface area contributed by atoms with Crippen molar-refractivity contribution in [2.45, 2.75) is 39.5 Å². The fourth-order valence-corrected chi connectivity index (χ4v) is 1.52. The van der Waals surface area contributed by atoms with Gasteiger partial charge in [0.1, 0.15) is 5.82 Å². The van der Waals surface area contributed by atoms with E-state index >= 15 is 0 Å². The molecule has 1 heterocycles. The van der Waals surface area contributed by atoms with Crippen LogP contribution in [0, 0.1) is 0 Å². The van der Waals surface area contributed by atoms with Crippen LogP contribution in [-0.4, -0.2) is 23.1 Å². The molecule has 0 aliphatic rings. The van der Waals surface area contributed by atoms with Gasteiger partial charge in [0.2, 0.25) is 5.95 Å². The zero-order chi connectivity index (χ0) is 11.8. The molecule has 0 amide bonds. The number of aromatic nitrogens is 2. The molecule has 16 heavy (non-hydrogen) atoms. The highest BCUT2D eigenvalue weighted by Crippen LogP contribution is 2.11. The molecule has 0 aliphatic heterocycles. The van der Waals surface area contributed by atoms with Crippen LogP contribution in [0.5, 0.6) is 0 Å².